The molecule has 0 fully saturated rings. The van der Waals surface area contributed by atoms with Crippen molar-refractivity contribution < 1.29 is 28.5 Å². The number of allylic oxidation sites excluding steroid dienone is 1. The van der Waals surface area contributed by atoms with Crippen LogP contribution in [0.15, 0.2) is 102 Å². The number of methoxy groups -OCH3 is 3. The third kappa shape index (κ3) is 4.88. The number of esters is 2. The van der Waals surface area contributed by atoms with Crippen LogP contribution in [0.2, 0.25) is 0 Å². The number of hydrogen-bond donors (Lipinski definition) is 1. The fraction of sp³-hybridized carbons (Fsp3) is 0.138. The molecule has 38 heavy (non-hydrogen) atoms. The Labute approximate surface area is 219 Å². The number of rotatable bonds is 7. The molecular weight excluding hydrogens is 486 g/mol. The normalized spacial score (nSPS) is 15.0. The van der Waals surface area contributed by atoms with Crippen LogP contribution in [0.1, 0.15) is 11.5 Å². The molecule has 1 aliphatic heterocycles. The zero-order chi connectivity index (χ0) is 27.2. The van der Waals surface area contributed by atoms with Crippen molar-refractivity contribution >= 4 is 17.6 Å². The third-order valence-electron chi connectivity index (χ3n) is 6.00. The minimum Gasteiger partial charge on any atom is -0.497 e. The number of carbonyl (C=O) groups excluding carboxylic acids is 2. The van der Waals surface area contributed by atoms with Crippen molar-refractivity contribution in [2.75, 3.05) is 26.2 Å². The van der Waals surface area contributed by atoms with Crippen LogP contribution < -0.4 is 20.1 Å². The number of nitrogens with two attached hydrogens (primary N) is 1. The molecule has 0 saturated carbocycles. The van der Waals surface area contributed by atoms with Gasteiger partial charge in [-0.25, -0.2) is 9.59 Å². The second-order valence-corrected chi connectivity index (χ2v) is 8.11. The summed E-state index contributed by atoms with van der Waals surface area (Å²) in [4.78, 5) is 27.6. The summed E-state index contributed by atoms with van der Waals surface area (Å²) in [5, 5.41) is 10.1. The quantitative estimate of drug-likeness (QED) is 0.460. The fourth-order valence-corrected chi connectivity index (χ4v) is 4.22. The van der Waals surface area contributed by atoms with Crippen LogP contribution in [0.4, 0.5) is 5.69 Å². The standard InChI is InChI=1S/C29H25N3O6/c1-35-20-13-15-22(16-14-20)38-21-11-9-19(10-12-21)32-26(29(34)37-3)25(28(33)36-2)24(23(17-30)27(32)31)18-7-5-4-6-8-18/h4-16,24H,31H2,1-3H3. The molecule has 0 radical (unpaired) electrons. The molecule has 0 amide bonds. The lowest BCUT2D eigenvalue weighted by molar-refractivity contribution is -0.139. The van der Waals surface area contributed by atoms with E-state index >= 15 is 0 Å². The molecule has 3 aromatic rings. The van der Waals surface area contributed by atoms with Crippen molar-refractivity contribution in [1.82, 2.24) is 0 Å². The summed E-state index contributed by atoms with van der Waals surface area (Å²) >= 11 is 0. The Kier molecular flexibility index (Phi) is 7.63. The highest BCUT2D eigenvalue weighted by atomic mass is 16.5. The Morgan fingerprint density at radius 1 is 0.816 bits per heavy atom. The van der Waals surface area contributed by atoms with E-state index in [-0.39, 0.29) is 22.7 Å². The third-order valence-corrected chi connectivity index (χ3v) is 6.00. The minimum atomic E-state index is -0.934. The predicted molar refractivity (Wildman–Crippen MR) is 139 cm³/mol. The van der Waals surface area contributed by atoms with Gasteiger partial charge in [-0.3, -0.25) is 4.90 Å². The summed E-state index contributed by atoms with van der Waals surface area (Å²) < 4.78 is 21.1. The summed E-state index contributed by atoms with van der Waals surface area (Å²) in [6.07, 6.45) is 0. The Morgan fingerprint density at radius 3 is 1.89 bits per heavy atom. The molecule has 9 nitrogen and oxygen atoms in total. The van der Waals surface area contributed by atoms with Crippen LogP contribution in [0.3, 0.4) is 0 Å². The number of nitriles is 1. The molecule has 1 atom stereocenters. The molecule has 0 aliphatic carbocycles. The van der Waals surface area contributed by atoms with Gasteiger partial charge in [-0.15, -0.1) is 0 Å². The molecule has 3 aromatic carbocycles. The lowest BCUT2D eigenvalue weighted by Gasteiger charge is -2.35. The second kappa shape index (κ2) is 11.2. The first-order chi connectivity index (χ1) is 18.4. The minimum absolute atomic E-state index is 0.0155. The molecule has 4 rings (SSSR count). The molecule has 0 aromatic heterocycles. The fourth-order valence-electron chi connectivity index (χ4n) is 4.22. The number of ether oxygens (including phenoxy) is 4. The van der Waals surface area contributed by atoms with Gasteiger partial charge in [-0.1, -0.05) is 30.3 Å². The van der Waals surface area contributed by atoms with E-state index in [2.05, 4.69) is 6.07 Å². The summed E-state index contributed by atoms with van der Waals surface area (Å²) in [6, 6.07) is 24.7. The van der Waals surface area contributed by atoms with Crippen molar-refractivity contribution in [2.45, 2.75) is 5.92 Å². The maximum atomic E-state index is 13.1. The monoisotopic (exact) mass is 511 g/mol. The first-order valence-corrected chi connectivity index (χ1v) is 11.5. The maximum Gasteiger partial charge on any atom is 0.355 e. The van der Waals surface area contributed by atoms with Gasteiger partial charge in [0.15, 0.2) is 0 Å². The van der Waals surface area contributed by atoms with Gasteiger partial charge in [0.25, 0.3) is 0 Å². The topological polar surface area (TPSA) is 124 Å². The number of carbonyl (C=O) groups is 2. The zero-order valence-corrected chi connectivity index (χ0v) is 21.0. The smallest absolute Gasteiger partial charge is 0.355 e. The van der Waals surface area contributed by atoms with Gasteiger partial charge in [-0.05, 0) is 54.1 Å². The average molecular weight is 512 g/mol. The van der Waals surface area contributed by atoms with Crippen molar-refractivity contribution in [3.05, 3.63) is 107 Å². The van der Waals surface area contributed by atoms with Crippen LogP contribution in [-0.4, -0.2) is 33.3 Å². The summed E-state index contributed by atoms with van der Waals surface area (Å²) in [5.74, 6) is -0.746. The van der Waals surface area contributed by atoms with Crippen LogP contribution >= 0.6 is 0 Å². The molecule has 9 heteroatoms. The zero-order valence-electron chi connectivity index (χ0n) is 21.0. The Morgan fingerprint density at radius 2 is 1.37 bits per heavy atom. The Bertz CT molecular complexity index is 1440. The van der Waals surface area contributed by atoms with E-state index in [1.807, 2.05) is 0 Å². The highest BCUT2D eigenvalue weighted by Gasteiger charge is 2.42. The number of anilines is 1. The lowest BCUT2D eigenvalue weighted by Crippen LogP contribution is -2.40. The Balaban J connectivity index is 1.83. The molecule has 1 heterocycles. The van der Waals surface area contributed by atoms with E-state index in [1.165, 1.54) is 19.1 Å². The van der Waals surface area contributed by atoms with Gasteiger partial charge in [-0.2, -0.15) is 5.26 Å². The summed E-state index contributed by atoms with van der Waals surface area (Å²) in [5.41, 5.74) is 7.40. The van der Waals surface area contributed by atoms with Gasteiger partial charge in [0.1, 0.15) is 28.8 Å². The average Bonchev–Trinajstić information content (AvgIpc) is 2.97. The van der Waals surface area contributed by atoms with Crippen molar-refractivity contribution in [3.8, 4) is 23.3 Å². The highest BCUT2D eigenvalue weighted by molar-refractivity contribution is 6.06. The van der Waals surface area contributed by atoms with Crippen LogP contribution in [-0.2, 0) is 19.1 Å². The van der Waals surface area contributed by atoms with E-state index in [4.69, 9.17) is 24.7 Å². The van der Waals surface area contributed by atoms with Crippen LogP contribution in [0.25, 0.3) is 0 Å². The molecule has 0 bridgehead atoms. The van der Waals surface area contributed by atoms with Gasteiger partial charge < -0.3 is 24.7 Å². The molecule has 0 saturated heterocycles. The number of benzene rings is 3. The van der Waals surface area contributed by atoms with Crippen molar-refractivity contribution in [2.24, 2.45) is 5.73 Å². The molecule has 2 N–H and O–H groups in total. The number of hydrogen-bond acceptors (Lipinski definition) is 9. The predicted octanol–water partition coefficient (Wildman–Crippen LogP) is 4.39. The SMILES string of the molecule is COC(=O)C1=C(C(=O)OC)N(c2ccc(Oc3ccc(OC)cc3)cc2)C(N)=C(C#N)C1c1ccccc1. The first kappa shape index (κ1) is 25.9. The van der Waals surface area contributed by atoms with E-state index in [0.717, 1.165) is 0 Å². The molecule has 192 valence electrons. The molecular formula is C29H25N3O6. The van der Waals surface area contributed by atoms with E-state index in [1.54, 1.807) is 86.0 Å². The maximum absolute atomic E-state index is 13.1. The summed E-state index contributed by atoms with van der Waals surface area (Å²) in [7, 11) is 3.98. The van der Waals surface area contributed by atoms with Gasteiger partial charge >= 0.3 is 11.9 Å². The van der Waals surface area contributed by atoms with E-state index in [0.29, 0.717) is 28.5 Å². The first-order valence-electron chi connectivity index (χ1n) is 11.5. The molecule has 1 aliphatic rings. The molecule has 0 spiro atoms. The Hall–Kier alpha value is -5.23. The summed E-state index contributed by atoms with van der Waals surface area (Å²) in [6.45, 7) is 0. The van der Waals surface area contributed by atoms with E-state index in [9.17, 15) is 14.9 Å². The lowest BCUT2D eigenvalue weighted by atomic mass is 9.81. The van der Waals surface area contributed by atoms with Crippen LogP contribution in [0.5, 0.6) is 17.2 Å². The molecule has 1 unspecified atom stereocenters. The highest BCUT2D eigenvalue weighted by Crippen LogP contribution is 2.43. The van der Waals surface area contributed by atoms with Crippen molar-refractivity contribution in [1.29, 1.82) is 5.26 Å². The van der Waals surface area contributed by atoms with E-state index < -0.39 is 17.9 Å². The van der Waals surface area contributed by atoms with Gasteiger partial charge in [0.2, 0.25) is 0 Å². The number of nitrogens with zero attached hydrogens (tertiary/aromatic N) is 2. The van der Waals surface area contributed by atoms with Crippen molar-refractivity contribution in [3.63, 3.8) is 0 Å². The van der Waals surface area contributed by atoms with Crippen LogP contribution in [0, 0.1) is 11.3 Å². The largest absolute Gasteiger partial charge is 0.497 e. The van der Waals surface area contributed by atoms with Gasteiger partial charge in [0, 0.05) is 5.69 Å². The second-order valence-electron chi connectivity index (χ2n) is 8.11. The van der Waals surface area contributed by atoms with Gasteiger partial charge in [0.05, 0.1) is 44.5 Å².